The highest BCUT2D eigenvalue weighted by atomic mass is 35.5. The Kier molecular flexibility index (Phi) is 5.79. The second kappa shape index (κ2) is 6.87. The van der Waals surface area contributed by atoms with Gasteiger partial charge in [-0.3, -0.25) is 4.79 Å². The molecule has 1 aromatic rings. The molecule has 17 heavy (non-hydrogen) atoms. The molecular weight excluding hydrogens is 259 g/mol. The van der Waals surface area contributed by atoms with Crippen molar-refractivity contribution in [3.05, 3.63) is 27.7 Å². The maximum atomic E-state index is 10.9. The minimum atomic E-state index is 0.378. The lowest BCUT2D eigenvalue weighted by molar-refractivity contribution is 0.111. The highest BCUT2D eigenvalue weighted by Gasteiger charge is 2.11. The molecule has 0 aliphatic rings. The molecular formula is C13H16Cl2O2. The van der Waals surface area contributed by atoms with E-state index in [0.29, 0.717) is 40.2 Å². The smallest absolute Gasteiger partial charge is 0.153 e. The third-order valence-electron chi connectivity index (χ3n) is 2.46. The topological polar surface area (TPSA) is 26.3 Å². The molecule has 0 aliphatic heterocycles. The number of carbonyl (C=O) groups is 1. The molecule has 0 heterocycles. The van der Waals surface area contributed by atoms with Crippen molar-refractivity contribution in [3.8, 4) is 5.75 Å². The van der Waals surface area contributed by atoms with Crippen LogP contribution >= 0.6 is 23.2 Å². The summed E-state index contributed by atoms with van der Waals surface area (Å²) in [5.41, 5.74) is 0.395. The molecule has 1 atom stereocenters. The van der Waals surface area contributed by atoms with Crippen molar-refractivity contribution in [2.45, 2.75) is 26.7 Å². The number of aldehydes is 1. The second-order valence-electron chi connectivity index (χ2n) is 4.13. The van der Waals surface area contributed by atoms with E-state index in [0.717, 1.165) is 12.8 Å². The van der Waals surface area contributed by atoms with Gasteiger partial charge in [0.25, 0.3) is 0 Å². The lowest BCUT2D eigenvalue weighted by Gasteiger charge is -2.14. The van der Waals surface area contributed by atoms with Crippen molar-refractivity contribution < 1.29 is 9.53 Å². The number of rotatable bonds is 6. The van der Waals surface area contributed by atoms with Crippen LogP contribution in [0.5, 0.6) is 5.75 Å². The summed E-state index contributed by atoms with van der Waals surface area (Å²) in [5, 5.41) is 0.814. The summed E-state index contributed by atoms with van der Waals surface area (Å²) < 4.78 is 5.61. The Balaban J connectivity index is 2.79. The monoisotopic (exact) mass is 274 g/mol. The maximum Gasteiger partial charge on any atom is 0.153 e. The van der Waals surface area contributed by atoms with Crippen LogP contribution in [0.3, 0.4) is 0 Å². The van der Waals surface area contributed by atoms with Crippen LogP contribution in [-0.4, -0.2) is 12.9 Å². The van der Waals surface area contributed by atoms with Crippen LogP contribution in [-0.2, 0) is 0 Å². The van der Waals surface area contributed by atoms with E-state index in [1.807, 2.05) is 0 Å². The first kappa shape index (κ1) is 14.3. The van der Waals surface area contributed by atoms with Crippen molar-refractivity contribution >= 4 is 29.5 Å². The van der Waals surface area contributed by atoms with E-state index in [2.05, 4.69) is 13.8 Å². The average Bonchev–Trinajstić information content (AvgIpc) is 2.27. The fraction of sp³-hybridized carbons (Fsp3) is 0.462. The minimum Gasteiger partial charge on any atom is -0.491 e. The van der Waals surface area contributed by atoms with Gasteiger partial charge in [0.05, 0.1) is 17.2 Å². The van der Waals surface area contributed by atoms with Crippen LogP contribution in [0.15, 0.2) is 12.1 Å². The van der Waals surface area contributed by atoms with Crippen molar-refractivity contribution in [3.63, 3.8) is 0 Å². The number of halogens is 2. The predicted molar refractivity (Wildman–Crippen MR) is 71.4 cm³/mol. The van der Waals surface area contributed by atoms with Crippen molar-refractivity contribution in [2.75, 3.05) is 6.61 Å². The minimum absolute atomic E-state index is 0.378. The first-order valence-electron chi connectivity index (χ1n) is 5.65. The van der Waals surface area contributed by atoms with E-state index in [9.17, 15) is 4.79 Å². The quantitative estimate of drug-likeness (QED) is 0.708. The first-order valence-corrected chi connectivity index (χ1v) is 6.41. The zero-order chi connectivity index (χ0) is 12.8. The molecule has 0 saturated heterocycles. The standard InChI is InChI=1S/C13H16Cl2O2/c1-3-4-9(2)8-17-13-10(7-16)5-11(14)6-12(13)15/h5-7,9H,3-4,8H2,1-2H3. The van der Waals surface area contributed by atoms with Gasteiger partial charge in [0.2, 0.25) is 0 Å². The molecule has 0 spiro atoms. The van der Waals surface area contributed by atoms with Crippen molar-refractivity contribution in [1.29, 1.82) is 0 Å². The molecule has 1 unspecified atom stereocenters. The largest absolute Gasteiger partial charge is 0.491 e. The van der Waals surface area contributed by atoms with Crippen molar-refractivity contribution in [2.24, 2.45) is 5.92 Å². The Labute approximate surface area is 112 Å². The van der Waals surface area contributed by atoms with Gasteiger partial charge in [-0.1, -0.05) is 43.5 Å². The Morgan fingerprint density at radius 1 is 1.41 bits per heavy atom. The number of hydrogen-bond donors (Lipinski definition) is 0. The average molecular weight is 275 g/mol. The van der Waals surface area contributed by atoms with Crippen LogP contribution in [0, 0.1) is 5.92 Å². The Morgan fingerprint density at radius 3 is 2.71 bits per heavy atom. The lowest BCUT2D eigenvalue weighted by Crippen LogP contribution is -2.09. The normalized spacial score (nSPS) is 12.2. The Morgan fingerprint density at radius 2 is 2.12 bits per heavy atom. The highest BCUT2D eigenvalue weighted by Crippen LogP contribution is 2.31. The van der Waals surface area contributed by atoms with E-state index in [1.165, 1.54) is 0 Å². The molecule has 94 valence electrons. The third kappa shape index (κ3) is 4.21. The van der Waals surface area contributed by atoms with E-state index < -0.39 is 0 Å². The molecule has 4 heteroatoms. The van der Waals surface area contributed by atoms with E-state index in [4.69, 9.17) is 27.9 Å². The van der Waals surface area contributed by atoms with Crippen LogP contribution in [0.1, 0.15) is 37.0 Å². The summed E-state index contributed by atoms with van der Waals surface area (Å²) in [5.74, 6) is 0.861. The van der Waals surface area contributed by atoms with Crippen LogP contribution in [0.2, 0.25) is 10.0 Å². The summed E-state index contributed by atoms with van der Waals surface area (Å²) in [6, 6.07) is 3.14. The van der Waals surface area contributed by atoms with Crippen LogP contribution < -0.4 is 4.74 Å². The highest BCUT2D eigenvalue weighted by molar-refractivity contribution is 6.36. The summed E-state index contributed by atoms with van der Waals surface area (Å²) in [7, 11) is 0. The van der Waals surface area contributed by atoms with E-state index in [1.54, 1.807) is 12.1 Å². The van der Waals surface area contributed by atoms with Gasteiger partial charge in [-0.25, -0.2) is 0 Å². The number of carbonyl (C=O) groups excluding carboxylic acids is 1. The number of ether oxygens (including phenoxy) is 1. The number of benzene rings is 1. The predicted octanol–water partition coefficient (Wildman–Crippen LogP) is 4.62. The first-order chi connectivity index (χ1) is 8.08. The summed E-state index contributed by atoms with van der Waals surface area (Å²) in [6.07, 6.45) is 2.90. The molecule has 2 nitrogen and oxygen atoms in total. The third-order valence-corrected chi connectivity index (χ3v) is 2.96. The van der Waals surface area contributed by atoms with Gasteiger partial charge in [0, 0.05) is 5.02 Å². The molecule has 1 rings (SSSR count). The van der Waals surface area contributed by atoms with Gasteiger partial charge < -0.3 is 4.74 Å². The summed E-state index contributed by atoms with van der Waals surface area (Å²) in [4.78, 5) is 10.9. The molecule has 0 fully saturated rings. The fourth-order valence-electron chi connectivity index (χ4n) is 1.62. The summed E-state index contributed by atoms with van der Waals surface area (Å²) in [6.45, 7) is 4.78. The molecule has 0 amide bonds. The Bertz CT molecular complexity index is 391. The van der Waals surface area contributed by atoms with Crippen LogP contribution in [0.4, 0.5) is 0 Å². The van der Waals surface area contributed by atoms with Gasteiger partial charge >= 0.3 is 0 Å². The molecule has 1 aromatic carbocycles. The maximum absolute atomic E-state index is 10.9. The molecule has 0 aromatic heterocycles. The fourth-order valence-corrected chi connectivity index (χ4v) is 2.19. The Hall–Kier alpha value is -0.730. The van der Waals surface area contributed by atoms with E-state index in [-0.39, 0.29) is 0 Å². The SMILES string of the molecule is CCCC(C)COc1c(Cl)cc(Cl)cc1C=O. The molecule has 0 N–H and O–H groups in total. The van der Waals surface area contributed by atoms with Gasteiger partial charge in [-0.05, 0) is 24.5 Å². The molecule has 0 radical (unpaired) electrons. The van der Waals surface area contributed by atoms with Gasteiger partial charge in [-0.15, -0.1) is 0 Å². The van der Waals surface area contributed by atoms with Crippen molar-refractivity contribution in [1.82, 2.24) is 0 Å². The lowest BCUT2D eigenvalue weighted by atomic mass is 10.1. The van der Waals surface area contributed by atoms with E-state index >= 15 is 0 Å². The molecule has 0 saturated carbocycles. The van der Waals surface area contributed by atoms with Gasteiger partial charge in [0.15, 0.2) is 6.29 Å². The van der Waals surface area contributed by atoms with Gasteiger partial charge in [0.1, 0.15) is 5.75 Å². The van der Waals surface area contributed by atoms with Crippen LogP contribution in [0.25, 0.3) is 0 Å². The number of hydrogen-bond acceptors (Lipinski definition) is 2. The second-order valence-corrected chi connectivity index (χ2v) is 4.97. The zero-order valence-corrected chi connectivity index (χ0v) is 11.5. The molecule has 0 bridgehead atoms. The molecule has 0 aliphatic carbocycles. The zero-order valence-electron chi connectivity index (χ0n) is 10.0. The van der Waals surface area contributed by atoms with Gasteiger partial charge in [-0.2, -0.15) is 0 Å². The summed E-state index contributed by atoms with van der Waals surface area (Å²) >= 11 is 11.8.